The summed E-state index contributed by atoms with van der Waals surface area (Å²) in [6.07, 6.45) is 1.96. The van der Waals surface area contributed by atoms with Crippen molar-refractivity contribution in [3.8, 4) is 0 Å². The van der Waals surface area contributed by atoms with E-state index < -0.39 is 60.0 Å². The van der Waals surface area contributed by atoms with E-state index in [-0.39, 0.29) is 5.92 Å². The number of imide groups is 2. The Morgan fingerprint density at radius 2 is 1.76 bits per heavy atom. The normalized spacial score (nSPS) is 29.1. The van der Waals surface area contributed by atoms with Crippen LogP contribution >= 0.6 is 0 Å². The number of esters is 1. The van der Waals surface area contributed by atoms with Crippen LogP contribution in [0.5, 0.6) is 0 Å². The number of rotatable bonds is 7. The van der Waals surface area contributed by atoms with E-state index in [4.69, 9.17) is 4.74 Å². The van der Waals surface area contributed by atoms with Gasteiger partial charge in [0, 0.05) is 0 Å². The van der Waals surface area contributed by atoms with E-state index in [1.165, 1.54) is 6.92 Å². The zero-order chi connectivity index (χ0) is 21.6. The van der Waals surface area contributed by atoms with Gasteiger partial charge in [0.1, 0.15) is 17.6 Å². The molecule has 12 heteroatoms. The second kappa shape index (κ2) is 7.01. The molecule has 0 aromatic carbocycles. The van der Waals surface area contributed by atoms with E-state index in [1.807, 2.05) is 0 Å². The summed E-state index contributed by atoms with van der Waals surface area (Å²) >= 11 is 0. The third-order valence-corrected chi connectivity index (χ3v) is 5.55. The largest absolute Gasteiger partial charge is 0.454 e. The topological polar surface area (TPSA) is 154 Å². The minimum Gasteiger partial charge on any atom is -0.454 e. The Bertz CT molecular complexity index is 810. The van der Waals surface area contributed by atoms with Gasteiger partial charge in [-0.2, -0.15) is 5.01 Å². The Balaban J connectivity index is 1.49. The minimum atomic E-state index is -1.13. The van der Waals surface area contributed by atoms with Crippen molar-refractivity contribution >= 4 is 35.8 Å². The molecule has 0 aromatic rings. The molecule has 3 aliphatic rings. The molecule has 3 N–H and O–H groups in total. The predicted octanol–water partition coefficient (Wildman–Crippen LogP) is -0.998. The number of urea groups is 2. The van der Waals surface area contributed by atoms with Gasteiger partial charge < -0.3 is 15.4 Å². The number of nitrogens with one attached hydrogen (secondary N) is 3. The molecular weight excluding hydrogens is 386 g/mol. The smallest absolute Gasteiger partial charge is 0.344 e. The number of hydrazine groups is 1. The second-order valence-electron chi connectivity index (χ2n) is 7.75. The van der Waals surface area contributed by atoms with Gasteiger partial charge in [-0.25, -0.2) is 9.59 Å². The van der Waals surface area contributed by atoms with Gasteiger partial charge in [0.05, 0.1) is 0 Å². The first-order valence-corrected chi connectivity index (χ1v) is 9.27. The number of ether oxygens (including phenoxy) is 1. The van der Waals surface area contributed by atoms with Crippen molar-refractivity contribution in [2.75, 3.05) is 13.2 Å². The molecular formula is C17H23N5O7. The summed E-state index contributed by atoms with van der Waals surface area (Å²) in [5, 5.41) is 5.58. The highest BCUT2D eigenvalue weighted by Gasteiger charge is 2.56. The quantitative estimate of drug-likeness (QED) is 0.360. The summed E-state index contributed by atoms with van der Waals surface area (Å²) in [7, 11) is 0. The molecule has 3 fully saturated rings. The molecule has 12 nitrogen and oxygen atoms in total. The Kier molecular flexibility index (Phi) is 4.97. The monoisotopic (exact) mass is 409 g/mol. The van der Waals surface area contributed by atoms with Gasteiger partial charge in [-0.05, 0) is 39.0 Å². The van der Waals surface area contributed by atoms with Crippen LogP contribution in [0.4, 0.5) is 9.59 Å². The van der Waals surface area contributed by atoms with Crippen molar-refractivity contribution in [3.05, 3.63) is 0 Å². The number of hydrogen-bond donors (Lipinski definition) is 3. The lowest BCUT2D eigenvalue weighted by molar-refractivity contribution is -0.152. The number of nitrogens with zero attached hydrogens (tertiary/aromatic N) is 2. The predicted molar refractivity (Wildman–Crippen MR) is 94.5 cm³/mol. The van der Waals surface area contributed by atoms with Gasteiger partial charge >= 0.3 is 18.0 Å². The van der Waals surface area contributed by atoms with Crippen molar-refractivity contribution < 1.29 is 33.5 Å². The fraction of sp³-hybridized carbons (Fsp3) is 0.647. The molecule has 0 aromatic heterocycles. The molecule has 2 atom stereocenters. The fourth-order valence-corrected chi connectivity index (χ4v) is 3.30. The van der Waals surface area contributed by atoms with Crippen molar-refractivity contribution in [2.45, 2.75) is 51.1 Å². The molecule has 7 amide bonds. The van der Waals surface area contributed by atoms with Crippen LogP contribution in [0.2, 0.25) is 0 Å². The van der Waals surface area contributed by atoms with E-state index in [1.54, 1.807) is 13.8 Å². The first-order valence-electron chi connectivity index (χ1n) is 9.27. The van der Waals surface area contributed by atoms with Crippen LogP contribution in [0.1, 0.15) is 40.0 Å². The molecule has 2 saturated heterocycles. The Labute approximate surface area is 166 Å². The summed E-state index contributed by atoms with van der Waals surface area (Å²) < 4.78 is 4.77. The number of carbonyl (C=O) groups is 6. The number of hydrogen-bond acceptors (Lipinski definition) is 7. The Morgan fingerprint density at radius 3 is 2.31 bits per heavy atom. The maximum Gasteiger partial charge on any atom is 0.344 e. The number of amides is 7. The van der Waals surface area contributed by atoms with Gasteiger partial charge in [-0.1, -0.05) is 6.92 Å². The van der Waals surface area contributed by atoms with Crippen LogP contribution in [0.25, 0.3) is 0 Å². The maximum atomic E-state index is 12.5. The van der Waals surface area contributed by atoms with Gasteiger partial charge in [0.15, 0.2) is 6.61 Å². The summed E-state index contributed by atoms with van der Waals surface area (Å²) in [5.41, 5.74) is -0.0834. The molecule has 158 valence electrons. The van der Waals surface area contributed by atoms with Crippen molar-refractivity contribution in [1.29, 1.82) is 0 Å². The average Bonchev–Trinajstić information content (AvgIpc) is 3.46. The first-order chi connectivity index (χ1) is 13.5. The first kappa shape index (κ1) is 20.6. The van der Waals surface area contributed by atoms with Crippen LogP contribution in [0.3, 0.4) is 0 Å². The van der Waals surface area contributed by atoms with E-state index in [9.17, 15) is 28.8 Å². The SMILES string of the molecule is CCC1(C)NC(=O)N(NC(=O)COC(=O)CN2C(=O)NC(C)(C3CC3)C2=O)C1=O. The highest BCUT2D eigenvalue weighted by Crippen LogP contribution is 2.42. The molecule has 1 saturated carbocycles. The standard InChI is InChI=1S/C17H23N5O7/c1-4-16(2)12(25)22(15(28)18-16)20-10(23)8-29-11(24)7-21-13(26)17(3,9-5-6-9)19-14(21)27/h9H,4-8H2,1-3H3,(H,18,28)(H,19,27)(H,20,23). The van der Waals surface area contributed by atoms with E-state index in [0.717, 1.165) is 17.7 Å². The summed E-state index contributed by atoms with van der Waals surface area (Å²) in [5.74, 6) is -2.99. The molecule has 3 rings (SSSR count). The van der Waals surface area contributed by atoms with E-state index in [0.29, 0.717) is 11.4 Å². The summed E-state index contributed by atoms with van der Waals surface area (Å²) in [6, 6.07) is -1.48. The Morgan fingerprint density at radius 1 is 1.10 bits per heavy atom. The summed E-state index contributed by atoms with van der Waals surface area (Å²) in [4.78, 5) is 73.2. The van der Waals surface area contributed by atoms with Crippen molar-refractivity contribution in [2.24, 2.45) is 5.92 Å². The van der Waals surface area contributed by atoms with Gasteiger partial charge in [0.25, 0.3) is 17.7 Å². The van der Waals surface area contributed by atoms with Crippen LogP contribution in [0, 0.1) is 5.92 Å². The highest BCUT2D eigenvalue weighted by atomic mass is 16.5. The van der Waals surface area contributed by atoms with Gasteiger partial charge in [-0.15, -0.1) is 0 Å². The third kappa shape index (κ3) is 3.61. The van der Waals surface area contributed by atoms with Crippen molar-refractivity contribution in [3.63, 3.8) is 0 Å². The number of carbonyl (C=O) groups excluding carboxylic acids is 6. The maximum absolute atomic E-state index is 12.5. The molecule has 2 heterocycles. The zero-order valence-electron chi connectivity index (χ0n) is 16.4. The summed E-state index contributed by atoms with van der Waals surface area (Å²) in [6.45, 7) is 3.41. The van der Waals surface area contributed by atoms with Crippen molar-refractivity contribution in [1.82, 2.24) is 26.0 Å². The average molecular weight is 409 g/mol. The molecule has 0 radical (unpaired) electrons. The molecule has 2 aliphatic heterocycles. The Hall–Kier alpha value is -3.18. The zero-order valence-corrected chi connectivity index (χ0v) is 16.4. The molecule has 29 heavy (non-hydrogen) atoms. The molecule has 0 bridgehead atoms. The van der Waals surface area contributed by atoms with Crippen LogP contribution in [0.15, 0.2) is 0 Å². The lowest BCUT2D eigenvalue weighted by atomic mass is 9.96. The third-order valence-electron chi connectivity index (χ3n) is 5.55. The van der Waals surface area contributed by atoms with E-state index >= 15 is 0 Å². The van der Waals surface area contributed by atoms with E-state index in [2.05, 4.69) is 16.1 Å². The highest BCUT2D eigenvalue weighted by molar-refractivity contribution is 6.09. The second-order valence-corrected chi connectivity index (χ2v) is 7.75. The molecule has 0 spiro atoms. The molecule has 1 aliphatic carbocycles. The lowest BCUT2D eigenvalue weighted by Gasteiger charge is -2.20. The van der Waals surface area contributed by atoms with Crippen LogP contribution in [-0.4, -0.2) is 69.9 Å². The molecule has 2 unspecified atom stereocenters. The fourth-order valence-electron chi connectivity index (χ4n) is 3.30. The minimum absolute atomic E-state index is 0.0451. The van der Waals surface area contributed by atoms with Gasteiger partial charge in [-0.3, -0.25) is 29.5 Å². The van der Waals surface area contributed by atoms with Crippen LogP contribution in [-0.2, 0) is 23.9 Å². The van der Waals surface area contributed by atoms with Crippen LogP contribution < -0.4 is 16.1 Å². The lowest BCUT2D eigenvalue weighted by Crippen LogP contribution is -2.50. The van der Waals surface area contributed by atoms with Gasteiger partial charge in [0.2, 0.25) is 0 Å².